The Labute approximate surface area is 548 Å². The minimum atomic E-state index is -1.17. The smallest absolute Gasteiger partial charge is 0.366 e. The van der Waals surface area contributed by atoms with Gasteiger partial charge in [-0.15, -0.1) is 0 Å². The summed E-state index contributed by atoms with van der Waals surface area (Å²) in [6, 6.07) is 32.6. The molecule has 0 unspecified atom stereocenters. The fourth-order valence-electron chi connectivity index (χ4n) is 12.4. The van der Waals surface area contributed by atoms with Gasteiger partial charge in [0.1, 0.15) is 23.0 Å². The predicted octanol–water partition coefficient (Wildman–Crippen LogP) is 15.6. The Morgan fingerprint density at radius 3 is 1.73 bits per heavy atom. The van der Waals surface area contributed by atoms with Crippen LogP contribution in [-0.2, 0) is 44.6 Å². The van der Waals surface area contributed by atoms with E-state index < -0.39 is 35.6 Å². The highest BCUT2D eigenvalue weighted by molar-refractivity contribution is 6.05. The lowest BCUT2D eigenvalue weighted by molar-refractivity contribution is -0.152. The van der Waals surface area contributed by atoms with Crippen LogP contribution in [0.3, 0.4) is 0 Å². The van der Waals surface area contributed by atoms with Crippen LogP contribution in [0.1, 0.15) is 162 Å². The summed E-state index contributed by atoms with van der Waals surface area (Å²) in [5, 5.41) is 20.5. The molecular weight excluding hydrogens is 1200 g/mol. The normalized spacial score (nSPS) is 19.1. The maximum Gasteiger partial charge on any atom is 0.366 e. The molecule has 492 valence electrons. The fourth-order valence-corrected chi connectivity index (χ4v) is 12.4. The number of hydrogen-bond acceptors (Lipinski definition) is 17. The molecule has 0 aromatic heterocycles. The Morgan fingerprint density at radius 2 is 1.10 bits per heavy atom. The molecule has 0 saturated heterocycles. The zero-order valence-electron chi connectivity index (χ0n) is 53.9. The number of benzene rings is 6. The number of unbranched alkanes of at least 4 members (excludes halogenated alkanes) is 1. The molecule has 0 N–H and O–H groups in total. The number of rotatable bonds is 28. The predicted molar refractivity (Wildman–Crippen MR) is 361 cm³/mol. The summed E-state index contributed by atoms with van der Waals surface area (Å²) in [5.74, 6) is -1.94. The van der Waals surface area contributed by atoms with Crippen LogP contribution in [0.15, 0.2) is 154 Å². The quantitative estimate of drug-likeness (QED) is 0.00850. The Hall–Kier alpha value is -9.45. The lowest BCUT2D eigenvalue weighted by Crippen LogP contribution is -2.30. The van der Waals surface area contributed by atoms with Crippen molar-refractivity contribution in [2.75, 3.05) is 26.4 Å². The van der Waals surface area contributed by atoms with Crippen LogP contribution in [0.25, 0.3) is 21.5 Å². The summed E-state index contributed by atoms with van der Waals surface area (Å²) in [7, 11) is 0. The van der Waals surface area contributed by atoms with Crippen LogP contribution >= 0.6 is 0 Å². The maximum absolute atomic E-state index is 14.2. The third-order valence-corrected chi connectivity index (χ3v) is 17.8. The van der Waals surface area contributed by atoms with Gasteiger partial charge in [0.25, 0.3) is 0 Å². The van der Waals surface area contributed by atoms with Gasteiger partial charge in [0.15, 0.2) is 0 Å². The van der Waals surface area contributed by atoms with E-state index in [1.807, 2.05) is 66.7 Å². The third-order valence-electron chi connectivity index (χ3n) is 17.8. The molecule has 17 nitrogen and oxygen atoms in total. The van der Waals surface area contributed by atoms with E-state index in [1.54, 1.807) is 62.0 Å². The first-order chi connectivity index (χ1) is 45.6. The summed E-state index contributed by atoms with van der Waals surface area (Å²) in [4.78, 5) is 77.7. The Kier molecular flexibility index (Phi) is 25.3. The highest BCUT2D eigenvalue weighted by Crippen LogP contribution is 2.43. The molecule has 94 heavy (non-hydrogen) atoms. The first-order valence-electron chi connectivity index (χ1n) is 32.8. The molecule has 9 rings (SSSR count). The van der Waals surface area contributed by atoms with Crippen molar-refractivity contribution in [1.82, 2.24) is 0 Å². The molecule has 3 aliphatic rings. The van der Waals surface area contributed by atoms with Gasteiger partial charge in [-0.3, -0.25) is 14.4 Å². The molecule has 3 saturated carbocycles. The van der Waals surface area contributed by atoms with E-state index >= 15 is 0 Å². The molecule has 0 spiro atoms. The van der Waals surface area contributed by atoms with Crippen LogP contribution in [0, 0.1) is 35.5 Å². The highest BCUT2D eigenvalue weighted by Gasteiger charge is 2.35. The number of carbonyl (C=O) groups excluding carboxylic acids is 6. The molecular formula is C76H83FN4O13. The lowest BCUT2D eigenvalue weighted by atomic mass is 9.69. The van der Waals surface area contributed by atoms with Crippen LogP contribution in [0.4, 0.5) is 4.39 Å². The lowest BCUT2D eigenvalue weighted by Gasteiger charge is -2.36. The number of fused-ring (bicyclic) bond motifs is 2. The van der Waals surface area contributed by atoms with E-state index in [-0.39, 0.29) is 67.3 Å². The number of nitrogens with zero attached hydrogens (tertiary/aromatic N) is 4. The first-order valence-corrected chi connectivity index (χ1v) is 32.8. The van der Waals surface area contributed by atoms with E-state index in [2.05, 4.69) is 53.5 Å². The molecule has 0 bridgehead atoms. The molecule has 6 aromatic rings. The van der Waals surface area contributed by atoms with Crippen LogP contribution in [-0.4, -0.2) is 87.1 Å². The monoisotopic (exact) mass is 1280 g/mol. The molecule has 0 amide bonds. The summed E-state index contributed by atoms with van der Waals surface area (Å²) in [6.07, 6.45) is 19.9. The van der Waals surface area contributed by atoms with E-state index in [4.69, 9.17) is 33.2 Å². The Balaban J connectivity index is 0.860. The van der Waals surface area contributed by atoms with Gasteiger partial charge in [-0.05, 0) is 172 Å². The molecule has 18 heteroatoms. The fraction of sp³-hybridized carbons (Fsp3) is 0.395. The van der Waals surface area contributed by atoms with Gasteiger partial charge in [0, 0.05) is 33.9 Å². The second-order valence-electron chi connectivity index (χ2n) is 24.7. The third kappa shape index (κ3) is 19.6. The van der Waals surface area contributed by atoms with Crippen molar-refractivity contribution in [3.8, 4) is 23.0 Å². The molecule has 6 aromatic carbocycles. The SMILES string of the molecule is C=C(C)C(=O)OCCCCOC(=O)C1CCC(C(=O)Oc2c(/C=N/N=C/c3ccc(/C=N/N=C/c4c(OC(=O)c5ccc(OCCCOC(=O)C(=C)F)cc5)ccc5cc(CCC)ccc45)cc3)cc(OC(=O)C3CCC(C4CCC(C)CC4)CC3)c3ccccc23)CC1. The van der Waals surface area contributed by atoms with Crippen molar-refractivity contribution in [2.45, 2.75) is 130 Å². The minimum absolute atomic E-state index is 0.0407. The highest BCUT2D eigenvalue weighted by atomic mass is 19.1. The van der Waals surface area contributed by atoms with Gasteiger partial charge in [0.2, 0.25) is 5.83 Å². The maximum atomic E-state index is 14.2. The van der Waals surface area contributed by atoms with Gasteiger partial charge in [-0.2, -0.15) is 24.8 Å². The van der Waals surface area contributed by atoms with Crippen LogP contribution in [0.2, 0.25) is 0 Å². The van der Waals surface area contributed by atoms with E-state index in [0.717, 1.165) is 72.3 Å². The van der Waals surface area contributed by atoms with Crippen LogP contribution < -0.4 is 18.9 Å². The topological polar surface area (TPSA) is 216 Å². The molecule has 0 aliphatic heterocycles. The average Bonchev–Trinajstić information content (AvgIpc) is 0.795. The standard InChI is InChI=1S/C76H83FN4O13/c1-6-12-52-21-37-64-61(43-52)34-38-68(92-74(85)60-32-35-63(36-33-60)88-41-11-42-90-72(83)51(5)77)67(64)48-81-79-46-54-19-17-53(18-20-54)45-78-80-47-62-44-69(93-75(86)58-26-24-56(25-27-58)55-22-15-50(4)16-23-55)65-13-7-8-14-66(65)70(62)94-76(87)59-30-28-57(29-31-59)73(84)91-40-10-9-39-89-71(82)49(2)3/h7-8,13-14,17-21,32-38,43-48,50,55-59H,2,5-6,9-12,15-16,22-31,39-42H2,1,3-4H3/b78-45+,79-46+,80-47+,81-48+. The second-order valence-corrected chi connectivity index (χ2v) is 24.7. The summed E-state index contributed by atoms with van der Waals surface area (Å²) < 4.78 is 52.6. The second kappa shape index (κ2) is 34.5. The number of ether oxygens (including phenoxy) is 7. The van der Waals surface area contributed by atoms with Crippen molar-refractivity contribution in [3.63, 3.8) is 0 Å². The molecule has 3 aliphatic carbocycles. The van der Waals surface area contributed by atoms with Crippen molar-refractivity contribution in [2.24, 2.45) is 55.9 Å². The summed E-state index contributed by atoms with van der Waals surface area (Å²) in [5.41, 5.74) is 4.18. The number of hydrogen-bond donors (Lipinski definition) is 0. The van der Waals surface area contributed by atoms with Crippen molar-refractivity contribution >= 4 is 82.2 Å². The van der Waals surface area contributed by atoms with E-state index in [1.165, 1.54) is 37.5 Å². The Bertz CT molecular complexity index is 3800. The summed E-state index contributed by atoms with van der Waals surface area (Å²) in [6.45, 7) is 13.1. The van der Waals surface area contributed by atoms with Gasteiger partial charge in [-0.1, -0.05) is 119 Å². The Morgan fingerprint density at radius 1 is 0.532 bits per heavy atom. The number of halogens is 1. The number of aryl methyl sites for hydroxylation is 1. The molecule has 3 fully saturated rings. The molecule has 0 atom stereocenters. The van der Waals surface area contributed by atoms with Gasteiger partial charge < -0.3 is 33.2 Å². The number of esters is 6. The van der Waals surface area contributed by atoms with E-state index in [9.17, 15) is 33.2 Å². The van der Waals surface area contributed by atoms with Gasteiger partial charge in [0.05, 0.1) is 74.6 Å². The molecule has 0 radical (unpaired) electrons. The van der Waals surface area contributed by atoms with Crippen molar-refractivity contribution in [3.05, 3.63) is 167 Å². The number of carbonyl (C=O) groups is 6. The largest absolute Gasteiger partial charge is 0.493 e. The average molecular weight is 1280 g/mol. The molecule has 0 heterocycles. The zero-order valence-corrected chi connectivity index (χ0v) is 53.9. The van der Waals surface area contributed by atoms with Crippen LogP contribution in [0.5, 0.6) is 23.0 Å². The van der Waals surface area contributed by atoms with E-state index in [0.29, 0.717) is 89.8 Å². The summed E-state index contributed by atoms with van der Waals surface area (Å²) >= 11 is 0. The van der Waals surface area contributed by atoms with Crippen molar-refractivity contribution in [1.29, 1.82) is 0 Å². The van der Waals surface area contributed by atoms with Crippen molar-refractivity contribution < 1.29 is 66.3 Å². The first kappa shape index (κ1) is 68.9. The van der Waals surface area contributed by atoms with Gasteiger partial charge >= 0.3 is 35.8 Å². The van der Waals surface area contributed by atoms with Gasteiger partial charge in [-0.25, -0.2) is 14.4 Å². The minimum Gasteiger partial charge on any atom is -0.493 e. The zero-order chi connectivity index (χ0) is 66.3.